The lowest BCUT2D eigenvalue weighted by Crippen LogP contribution is -1.98. The predicted octanol–water partition coefficient (Wildman–Crippen LogP) is 1.03. The number of hydrogen-bond donors (Lipinski definition) is 1. The van der Waals surface area contributed by atoms with Crippen molar-refractivity contribution < 1.29 is 14.6 Å². The van der Waals surface area contributed by atoms with Crippen molar-refractivity contribution in [3.8, 4) is 5.06 Å². The maximum Gasteiger partial charge on any atom is 0.359 e. The molecule has 1 radical (unpaired) electrons. The summed E-state index contributed by atoms with van der Waals surface area (Å²) in [5.41, 5.74) is -0.0671. The fraction of sp³-hybridized carbons (Fsp3) is 0.167. The topological polar surface area (TPSA) is 59.4 Å². The Morgan fingerprint density at radius 3 is 2.82 bits per heavy atom. The van der Waals surface area contributed by atoms with Crippen molar-refractivity contribution in [2.24, 2.45) is 0 Å². The van der Waals surface area contributed by atoms with Gasteiger partial charge in [-0.2, -0.15) is 0 Å². The zero-order chi connectivity index (χ0) is 8.43. The minimum atomic E-state index is -1.09. The molecule has 0 aliphatic carbocycles. The number of rotatable bonds is 2. The number of methoxy groups -OCH3 is 1. The molecule has 0 fully saturated rings. The number of carbonyl (C=O) groups is 1. The van der Waals surface area contributed by atoms with Crippen LogP contribution in [-0.2, 0) is 0 Å². The first kappa shape index (κ1) is 8.00. The molecule has 0 unspecified atom stereocenters. The van der Waals surface area contributed by atoms with Crippen molar-refractivity contribution in [1.82, 2.24) is 4.98 Å². The van der Waals surface area contributed by atoms with E-state index in [9.17, 15) is 4.79 Å². The van der Waals surface area contributed by atoms with Gasteiger partial charge in [0, 0.05) is 6.92 Å². The number of carboxylic acids is 1. The van der Waals surface area contributed by atoms with Crippen LogP contribution in [-0.4, -0.2) is 23.2 Å². The van der Waals surface area contributed by atoms with Gasteiger partial charge in [-0.15, -0.1) is 0 Å². The third-order valence-electron chi connectivity index (χ3n) is 1.03. The van der Waals surface area contributed by atoms with Crippen LogP contribution >= 0.6 is 11.3 Å². The average molecular weight is 172 g/mol. The second kappa shape index (κ2) is 2.87. The number of aromatic carboxylic acids is 1. The molecular weight excluding hydrogens is 166 g/mol. The summed E-state index contributed by atoms with van der Waals surface area (Å²) in [6.45, 7) is 3.50. The molecule has 1 heterocycles. The molecule has 0 atom stereocenters. The van der Waals surface area contributed by atoms with Crippen molar-refractivity contribution in [2.75, 3.05) is 7.11 Å². The quantitative estimate of drug-likeness (QED) is 0.723. The predicted molar refractivity (Wildman–Crippen MR) is 40.1 cm³/mol. The molecule has 1 N–H and O–H groups in total. The number of thiazole rings is 1. The highest BCUT2D eigenvalue weighted by atomic mass is 32.1. The van der Waals surface area contributed by atoms with E-state index in [1.54, 1.807) is 0 Å². The Labute approximate surface area is 67.5 Å². The highest BCUT2D eigenvalue weighted by Gasteiger charge is 2.15. The third-order valence-corrected chi connectivity index (χ3v) is 1.90. The van der Waals surface area contributed by atoms with Gasteiger partial charge < -0.3 is 9.84 Å². The maximum atomic E-state index is 10.4. The Balaban J connectivity index is 3.12. The summed E-state index contributed by atoms with van der Waals surface area (Å²) in [4.78, 5) is 14.1. The molecule has 5 heteroatoms. The number of hydrogen-bond acceptors (Lipinski definition) is 4. The number of carboxylic acid groups (broad SMARTS) is 1. The molecule has 0 bridgehead atoms. The van der Waals surface area contributed by atoms with Crippen LogP contribution in [0.1, 0.15) is 15.5 Å². The molecule has 0 aliphatic rings. The van der Waals surface area contributed by atoms with Crippen LogP contribution in [0.15, 0.2) is 0 Å². The van der Waals surface area contributed by atoms with Crippen LogP contribution < -0.4 is 4.74 Å². The van der Waals surface area contributed by atoms with E-state index >= 15 is 0 Å². The molecule has 0 amide bonds. The van der Waals surface area contributed by atoms with E-state index in [1.807, 2.05) is 0 Å². The standard InChI is InChI=1S/C6H6NO3S/c1-3-7-4(5(8)9)6(10-2)11-3/h1H2,2H3,(H,8,9). The molecule has 0 saturated carbocycles. The average Bonchev–Trinajstić information content (AvgIpc) is 2.30. The summed E-state index contributed by atoms with van der Waals surface area (Å²) in [6.07, 6.45) is 0. The van der Waals surface area contributed by atoms with E-state index in [2.05, 4.69) is 11.9 Å². The molecular formula is C6H6NO3S. The molecule has 59 valence electrons. The Hall–Kier alpha value is -1.10. The lowest BCUT2D eigenvalue weighted by Gasteiger charge is -1.92. The van der Waals surface area contributed by atoms with Crippen molar-refractivity contribution in [3.63, 3.8) is 0 Å². The monoisotopic (exact) mass is 172 g/mol. The van der Waals surface area contributed by atoms with E-state index in [-0.39, 0.29) is 5.69 Å². The van der Waals surface area contributed by atoms with E-state index < -0.39 is 5.97 Å². The van der Waals surface area contributed by atoms with Gasteiger partial charge in [-0.25, -0.2) is 9.78 Å². The van der Waals surface area contributed by atoms with Crippen LogP contribution in [0.2, 0.25) is 0 Å². The first-order valence-electron chi connectivity index (χ1n) is 2.75. The molecule has 1 aromatic heterocycles. The summed E-state index contributed by atoms with van der Waals surface area (Å²) in [6, 6.07) is 0. The summed E-state index contributed by atoms with van der Waals surface area (Å²) in [7, 11) is 1.40. The SMILES string of the molecule is [CH2]c1nc(C(=O)O)c(OC)s1. The molecule has 0 aromatic carbocycles. The van der Waals surface area contributed by atoms with Gasteiger partial charge in [0.2, 0.25) is 10.8 Å². The van der Waals surface area contributed by atoms with Gasteiger partial charge in [-0.3, -0.25) is 0 Å². The molecule has 0 spiro atoms. The van der Waals surface area contributed by atoms with Crippen molar-refractivity contribution in [1.29, 1.82) is 0 Å². The van der Waals surface area contributed by atoms with E-state index in [1.165, 1.54) is 7.11 Å². The van der Waals surface area contributed by atoms with Crippen LogP contribution in [0.4, 0.5) is 0 Å². The maximum absolute atomic E-state index is 10.4. The molecule has 1 aromatic rings. The molecule has 11 heavy (non-hydrogen) atoms. The normalized spacial score (nSPS) is 9.64. The first-order chi connectivity index (χ1) is 5.15. The Kier molecular flexibility index (Phi) is 2.09. The van der Waals surface area contributed by atoms with E-state index in [0.717, 1.165) is 11.3 Å². The van der Waals surface area contributed by atoms with Gasteiger partial charge in [0.25, 0.3) is 0 Å². The van der Waals surface area contributed by atoms with Gasteiger partial charge in [0.1, 0.15) is 0 Å². The number of ether oxygens (including phenoxy) is 1. The zero-order valence-corrected chi connectivity index (χ0v) is 6.64. The largest absolute Gasteiger partial charge is 0.485 e. The van der Waals surface area contributed by atoms with Crippen LogP contribution in [0.25, 0.3) is 0 Å². The van der Waals surface area contributed by atoms with Crippen LogP contribution in [0.3, 0.4) is 0 Å². The summed E-state index contributed by atoms with van der Waals surface area (Å²) in [5.74, 6) is -1.09. The van der Waals surface area contributed by atoms with Crippen molar-refractivity contribution in [2.45, 2.75) is 0 Å². The number of aromatic nitrogens is 1. The van der Waals surface area contributed by atoms with Gasteiger partial charge in [0.05, 0.1) is 12.1 Å². The second-order valence-electron chi connectivity index (χ2n) is 1.75. The molecule has 0 saturated heterocycles. The smallest absolute Gasteiger partial charge is 0.359 e. The molecule has 0 aliphatic heterocycles. The lowest BCUT2D eigenvalue weighted by molar-refractivity contribution is 0.0688. The highest BCUT2D eigenvalue weighted by molar-refractivity contribution is 7.14. The minimum absolute atomic E-state index is 0.0671. The summed E-state index contributed by atoms with van der Waals surface area (Å²) >= 11 is 1.12. The Morgan fingerprint density at radius 2 is 2.45 bits per heavy atom. The second-order valence-corrected chi connectivity index (χ2v) is 2.80. The van der Waals surface area contributed by atoms with Gasteiger partial charge >= 0.3 is 5.97 Å². The molecule has 4 nitrogen and oxygen atoms in total. The fourth-order valence-corrected chi connectivity index (χ4v) is 1.29. The van der Waals surface area contributed by atoms with Crippen molar-refractivity contribution in [3.05, 3.63) is 17.6 Å². The van der Waals surface area contributed by atoms with Gasteiger partial charge in [-0.1, -0.05) is 11.3 Å². The van der Waals surface area contributed by atoms with E-state index in [4.69, 9.17) is 9.84 Å². The van der Waals surface area contributed by atoms with Crippen molar-refractivity contribution >= 4 is 17.3 Å². The fourth-order valence-electron chi connectivity index (χ4n) is 0.622. The summed E-state index contributed by atoms with van der Waals surface area (Å²) in [5, 5.41) is 9.28. The molecule has 1 rings (SSSR count). The van der Waals surface area contributed by atoms with Gasteiger partial charge in [0.15, 0.2) is 0 Å². The highest BCUT2D eigenvalue weighted by Crippen LogP contribution is 2.25. The minimum Gasteiger partial charge on any atom is -0.485 e. The Morgan fingerprint density at radius 1 is 1.82 bits per heavy atom. The Bertz CT molecular complexity index is 281. The van der Waals surface area contributed by atoms with Gasteiger partial charge in [-0.05, 0) is 0 Å². The van der Waals surface area contributed by atoms with E-state index in [0.29, 0.717) is 10.1 Å². The van der Waals surface area contributed by atoms with Crippen LogP contribution in [0.5, 0.6) is 5.06 Å². The first-order valence-corrected chi connectivity index (χ1v) is 3.57. The summed E-state index contributed by atoms with van der Waals surface area (Å²) < 4.78 is 4.76. The third kappa shape index (κ3) is 1.48. The zero-order valence-electron chi connectivity index (χ0n) is 5.83. The van der Waals surface area contributed by atoms with Crippen LogP contribution in [0, 0.1) is 6.92 Å². The number of nitrogens with zero attached hydrogens (tertiary/aromatic N) is 1. The lowest BCUT2D eigenvalue weighted by atomic mass is 10.5.